The highest BCUT2D eigenvalue weighted by Gasteiger charge is 2.31. The molecule has 0 saturated carbocycles. The van der Waals surface area contributed by atoms with Crippen LogP contribution in [0, 0.1) is 0 Å². The van der Waals surface area contributed by atoms with Crippen LogP contribution in [-0.4, -0.2) is 52.5 Å². The van der Waals surface area contributed by atoms with Crippen LogP contribution in [0.3, 0.4) is 0 Å². The highest BCUT2D eigenvalue weighted by atomic mass is 79.9. The first-order chi connectivity index (χ1) is 9.31. The third-order valence-corrected chi connectivity index (χ3v) is 4.67. The Labute approximate surface area is 129 Å². The summed E-state index contributed by atoms with van der Waals surface area (Å²) in [5.74, 6) is 0.135. The zero-order valence-electron chi connectivity index (χ0n) is 12.9. The molecule has 1 aromatic heterocycles. The second-order valence-electron chi connectivity index (χ2n) is 6.12. The SMILES string of the molecule is CC1CN(C(=O)c2cc(Br)cn2C(C)C)CC(C)N1C. The number of halogens is 1. The molecule has 0 spiro atoms. The first kappa shape index (κ1) is 15.6. The summed E-state index contributed by atoms with van der Waals surface area (Å²) >= 11 is 3.48. The smallest absolute Gasteiger partial charge is 0.270 e. The molecule has 1 aromatic rings. The maximum absolute atomic E-state index is 12.8. The summed E-state index contributed by atoms with van der Waals surface area (Å²) in [5.41, 5.74) is 0.774. The second-order valence-corrected chi connectivity index (χ2v) is 7.03. The molecule has 0 aliphatic carbocycles. The summed E-state index contributed by atoms with van der Waals surface area (Å²) in [5, 5.41) is 0. The van der Waals surface area contributed by atoms with Crippen molar-refractivity contribution >= 4 is 21.8 Å². The lowest BCUT2D eigenvalue weighted by atomic mass is 10.1. The molecule has 0 aromatic carbocycles. The zero-order valence-corrected chi connectivity index (χ0v) is 14.5. The molecule has 1 aliphatic heterocycles. The number of hydrogen-bond donors (Lipinski definition) is 0. The average molecular weight is 342 g/mol. The van der Waals surface area contributed by atoms with Gasteiger partial charge in [-0.25, -0.2) is 0 Å². The van der Waals surface area contributed by atoms with E-state index in [2.05, 4.69) is 55.6 Å². The molecular weight excluding hydrogens is 318 g/mol. The van der Waals surface area contributed by atoms with Crippen molar-refractivity contribution in [1.82, 2.24) is 14.4 Å². The Morgan fingerprint density at radius 3 is 2.35 bits per heavy atom. The summed E-state index contributed by atoms with van der Waals surface area (Å²) in [4.78, 5) is 17.1. The molecule has 5 heteroatoms. The van der Waals surface area contributed by atoms with Gasteiger partial charge in [-0.1, -0.05) is 0 Å². The van der Waals surface area contributed by atoms with E-state index in [9.17, 15) is 4.79 Å². The summed E-state index contributed by atoms with van der Waals surface area (Å²) in [7, 11) is 2.13. The van der Waals surface area contributed by atoms with Crippen LogP contribution in [0.1, 0.15) is 44.2 Å². The molecule has 2 atom stereocenters. The standard InChI is InChI=1S/C15H24BrN3O/c1-10(2)19-9-13(16)6-14(19)15(20)18-7-11(3)17(5)12(4)8-18/h6,9-12H,7-8H2,1-5H3. The molecule has 1 saturated heterocycles. The largest absolute Gasteiger partial charge is 0.340 e. The Balaban J connectivity index is 2.24. The Bertz CT molecular complexity index is 485. The van der Waals surface area contributed by atoms with E-state index in [0.29, 0.717) is 12.1 Å². The van der Waals surface area contributed by atoms with E-state index in [1.165, 1.54) is 0 Å². The topological polar surface area (TPSA) is 28.5 Å². The molecule has 112 valence electrons. The van der Waals surface area contributed by atoms with E-state index >= 15 is 0 Å². The van der Waals surface area contributed by atoms with Crippen LogP contribution in [0.25, 0.3) is 0 Å². The highest BCUT2D eigenvalue weighted by Crippen LogP contribution is 2.22. The Hall–Kier alpha value is -0.810. The molecule has 20 heavy (non-hydrogen) atoms. The molecule has 4 nitrogen and oxygen atoms in total. The summed E-state index contributed by atoms with van der Waals surface area (Å²) in [6.07, 6.45) is 1.99. The number of nitrogens with zero attached hydrogens (tertiary/aromatic N) is 3. The molecule has 1 fully saturated rings. The fraction of sp³-hybridized carbons (Fsp3) is 0.667. The third-order valence-electron chi connectivity index (χ3n) is 4.24. The van der Waals surface area contributed by atoms with Crippen molar-refractivity contribution in [3.05, 3.63) is 22.4 Å². The predicted molar refractivity (Wildman–Crippen MR) is 85.1 cm³/mol. The van der Waals surface area contributed by atoms with Gasteiger partial charge < -0.3 is 9.47 Å². The molecule has 0 N–H and O–H groups in total. The van der Waals surface area contributed by atoms with Crippen molar-refractivity contribution < 1.29 is 4.79 Å². The fourth-order valence-corrected chi connectivity index (χ4v) is 3.21. The number of carbonyl (C=O) groups is 1. The van der Waals surface area contributed by atoms with Gasteiger partial charge in [0.15, 0.2) is 0 Å². The number of piperazine rings is 1. The van der Waals surface area contributed by atoms with Gasteiger partial charge in [0.2, 0.25) is 0 Å². The lowest BCUT2D eigenvalue weighted by Gasteiger charge is -2.42. The van der Waals surface area contributed by atoms with Crippen LogP contribution in [0.15, 0.2) is 16.7 Å². The van der Waals surface area contributed by atoms with Crippen LogP contribution < -0.4 is 0 Å². The minimum Gasteiger partial charge on any atom is -0.340 e. The summed E-state index contributed by atoms with van der Waals surface area (Å²) < 4.78 is 3.00. The van der Waals surface area contributed by atoms with Gasteiger partial charge in [0.1, 0.15) is 5.69 Å². The average Bonchev–Trinajstić information content (AvgIpc) is 2.76. The van der Waals surface area contributed by atoms with Crippen LogP contribution in [0.4, 0.5) is 0 Å². The number of rotatable bonds is 2. The lowest BCUT2D eigenvalue weighted by Crippen LogP contribution is -2.56. The molecule has 2 rings (SSSR count). The quantitative estimate of drug-likeness (QED) is 0.827. The molecule has 1 aliphatic rings. The van der Waals surface area contributed by atoms with E-state index in [1.54, 1.807) is 0 Å². The van der Waals surface area contributed by atoms with Gasteiger partial charge in [0, 0.05) is 41.9 Å². The van der Waals surface area contributed by atoms with Crippen LogP contribution >= 0.6 is 15.9 Å². The summed E-state index contributed by atoms with van der Waals surface area (Å²) in [6, 6.07) is 3.00. The van der Waals surface area contributed by atoms with Gasteiger partial charge in [-0.3, -0.25) is 9.69 Å². The van der Waals surface area contributed by atoms with Crippen molar-refractivity contribution in [3.63, 3.8) is 0 Å². The minimum absolute atomic E-state index is 0.135. The van der Waals surface area contributed by atoms with Gasteiger partial charge in [-0.2, -0.15) is 0 Å². The van der Waals surface area contributed by atoms with Crippen molar-refractivity contribution in [1.29, 1.82) is 0 Å². The third kappa shape index (κ3) is 2.93. The number of hydrogen-bond acceptors (Lipinski definition) is 2. The molecule has 1 amide bonds. The molecule has 0 radical (unpaired) electrons. The number of likely N-dealkylation sites (N-methyl/N-ethyl adjacent to an activating group) is 1. The first-order valence-electron chi connectivity index (χ1n) is 7.19. The number of aromatic nitrogens is 1. The van der Waals surface area contributed by atoms with Crippen LogP contribution in [-0.2, 0) is 0 Å². The van der Waals surface area contributed by atoms with Crippen molar-refractivity contribution in [2.75, 3.05) is 20.1 Å². The first-order valence-corrected chi connectivity index (χ1v) is 7.99. The van der Waals surface area contributed by atoms with Crippen molar-refractivity contribution in [2.45, 2.75) is 45.8 Å². The lowest BCUT2D eigenvalue weighted by molar-refractivity contribution is 0.0404. The summed E-state index contributed by atoms with van der Waals surface area (Å²) in [6.45, 7) is 10.1. The van der Waals surface area contributed by atoms with Gasteiger partial charge in [0.25, 0.3) is 5.91 Å². The van der Waals surface area contributed by atoms with E-state index < -0.39 is 0 Å². The molecule has 2 heterocycles. The van der Waals surface area contributed by atoms with Crippen molar-refractivity contribution in [2.24, 2.45) is 0 Å². The maximum Gasteiger partial charge on any atom is 0.270 e. The van der Waals surface area contributed by atoms with E-state index in [4.69, 9.17) is 0 Å². The Morgan fingerprint density at radius 2 is 1.85 bits per heavy atom. The van der Waals surface area contributed by atoms with Gasteiger partial charge in [-0.05, 0) is 56.7 Å². The molecular formula is C15H24BrN3O. The van der Waals surface area contributed by atoms with E-state index in [-0.39, 0.29) is 11.9 Å². The molecule has 2 unspecified atom stereocenters. The Kier molecular flexibility index (Phi) is 4.59. The van der Waals surface area contributed by atoms with Crippen LogP contribution in [0.2, 0.25) is 0 Å². The van der Waals surface area contributed by atoms with Gasteiger partial charge in [0.05, 0.1) is 0 Å². The normalized spacial score (nSPS) is 24.4. The van der Waals surface area contributed by atoms with Crippen molar-refractivity contribution in [3.8, 4) is 0 Å². The van der Waals surface area contributed by atoms with E-state index in [1.807, 2.05) is 21.7 Å². The zero-order chi connectivity index (χ0) is 15.0. The highest BCUT2D eigenvalue weighted by molar-refractivity contribution is 9.10. The van der Waals surface area contributed by atoms with Crippen LogP contribution in [0.5, 0.6) is 0 Å². The predicted octanol–water partition coefficient (Wildman–Crippen LogP) is 3.00. The minimum atomic E-state index is 0.135. The Morgan fingerprint density at radius 1 is 1.30 bits per heavy atom. The van der Waals surface area contributed by atoms with Gasteiger partial charge in [-0.15, -0.1) is 0 Å². The fourth-order valence-electron chi connectivity index (χ4n) is 2.78. The maximum atomic E-state index is 12.8. The monoisotopic (exact) mass is 341 g/mol. The second kappa shape index (κ2) is 5.90. The number of amides is 1. The van der Waals surface area contributed by atoms with Gasteiger partial charge >= 0.3 is 0 Å². The number of carbonyl (C=O) groups excluding carboxylic acids is 1. The van der Waals surface area contributed by atoms with E-state index in [0.717, 1.165) is 23.3 Å². The molecule has 0 bridgehead atoms.